The zero-order valence-electron chi connectivity index (χ0n) is 8.61. The maximum atomic E-state index is 11.8. The smallest absolute Gasteiger partial charge is 0.344 e. The Bertz CT molecular complexity index is 415. The molecule has 0 aromatic carbocycles. The molecule has 0 atom stereocenters. The summed E-state index contributed by atoms with van der Waals surface area (Å²) in [5.41, 5.74) is 0.150. The van der Waals surface area contributed by atoms with Crippen LogP contribution in [0.15, 0.2) is 12.7 Å². The third-order valence-electron chi connectivity index (χ3n) is 3.16. The van der Waals surface area contributed by atoms with Crippen LogP contribution in [-0.4, -0.2) is 63.2 Å². The van der Waals surface area contributed by atoms with Crippen molar-refractivity contribution in [1.82, 2.24) is 24.6 Å². The van der Waals surface area contributed by atoms with E-state index in [-0.39, 0.29) is 11.4 Å². The van der Waals surface area contributed by atoms with Gasteiger partial charge in [-0.05, 0) is 0 Å². The lowest BCUT2D eigenvalue weighted by Gasteiger charge is -2.58. The highest BCUT2D eigenvalue weighted by atomic mass is 16.2. The van der Waals surface area contributed by atoms with Crippen LogP contribution in [-0.2, 0) is 4.79 Å². The van der Waals surface area contributed by atoms with E-state index in [0.29, 0.717) is 13.1 Å². The van der Waals surface area contributed by atoms with Crippen LogP contribution in [0.25, 0.3) is 0 Å². The summed E-state index contributed by atoms with van der Waals surface area (Å²) in [6.45, 7) is 2.93. The van der Waals surface area contributed by atoms with E-state index in [9.17, 15) is 9.59 Å². The molecule has 1 spiro atoms. The van der Waals surface area contributed by atoms with E-state index >= 15 is 0 Å². The lowest BCUT2D eigenvalue weighted by molar-refractivity contribution is -0.140. The quantitative estimate of drug-likeness (QED) is 0.571. The molecule has 2 aliphatic heterocycles. The van der Waals surface area contributed by atoms with Crippen molar-refractivity contribution in [3.8, 4) is 0 Å². The van der Waals surface area contributed by atoms with E-state index in [2.05, 4.69) is 10.1 Å². The molecule has 2 saturated heterocycles. The van der Waals surface area contributed by atoms with Gasteiger partial charge in [0.1, 0.15) is 12.7 Å². The summed E-state index contributed by atoms with van der Waals surface area (Å²) < 4.78 is 1.23. The summed E-state index contributed by atoms with van der Waals surface area (Å²) in [4.78, 5) is 29.4. The summed E-state index contributed by atoms with van der Waals surface area (Å²) in [6, 6.07) is -0.146. The number of hydrogen-bond acceptors (Lipinski definition) is 4. The zero-order chi connectivity index (χ0) is 11.2. The molecule has 7 heteroatoms. The van der Waals surface area contributed by atoms with Gasteiger partial charge in [-0.15, -0.1) is 0 Å². The summed E-state index contributed by atoms with van der Waals surface area (Å²) >= 11 is 0. The van der Waals surface area contributed by atoms with Crippen molar-refractivity contribution in [1.29, 1.82) is 0 Å². The summed E-state index contributed by atoms with van der Waals surface area (Å²) in [5.74, 6) is 0. The topological polar surface area (TPSA) is 71.3 Å². The van der Waals surface area contributed by atoms with Gasteiger partial charge in [0.15, 0.2) is 0 Å². The maximum absolute atomic E-state index is 11.8. The van der Waals surface area contributed by atoms with Crippen molar-refractivity contribution in [2.24, 2.45) is 5.41 Å². The van der Waals surface area contributed by atoms with Crippen molar-refractivity contribution in [3.05, 3.63) is 12.7 Å². The fraction of sp³-hybridized carbons (Fsp3) is 0.556. The standard InChI is InChI=1S/C9H11N5O2/c15-7-12-1-9(2-12)3-13(4-9)8(16)14-6-10-5-11-14/h5-7H,1-4H2. The molecule has 2 aliphatic rings. The van der Waals surface area contributed by atoms with Crippen LogP contribution in [0.1, 0.15) is 0 Å². The SMILES string of the molecule is O=CN1CC2(C1)CN(C(=O)n1cncn1)C2. The number of likely N-dealkylation sites (tertiary alicyclic amines) is 2. The van der Waals surface area contributed by atoms with Gasteiger partial charge in [0.05, 0.1) is 0 Å². The van der Waals surface area contributed by atoms with E-state index < -0.39 is 0 Å². The van der Waals surface area contributed by atoms with Gasteiger partial charge in [-0.3, -0.25) is 4.79 Å². The number of nitrogens with zero attached hydrogens (tertiary/aromatic N) is 5. The van der Waals surface area contributed by atoms with Crippen molar-refractivity contribution in [3.63, 3.8) is 0 Å². The van der Waals surface area contributed by atoms with Gasteiger partial charge in [-0.1, -0.05) is 0 Å². The highest BCUT2D eigenvalue weighted by Gasteiger charge is 2.53. The molecule has 2 fully saturated rings. The number of rotatable bonds is 1. The van der Waals surface area contributed by atoms with E-state index in [4.69, 9.17) is 0 Å². The van der Waals surface area contributed by atoms with Gasteiger partial charge in [0.2, 0.25) is 6.41 Å². The molecule has 0 unspecified atom stereocenters. The van der Waals surface area contributed by atoms with Gasteiger partial charge in [0, 0.05) is 31.6 Å². The lowest BCUT2D eigenvalue weighted by Crippen LogP contribution is -2.72. The van der Waals surface area contributed by atoms with Gasteiger partial charge in [0.25, 0.3) is 0 Å². The largest absolute Gasteiger partial charge is 0.346 e. The van der Waals surface area contributed by atoms with Crippen molar-refractivity contribution < 1.29 is 9.59 Å². The van der Waals surface area contributed by atoms with Crippen molar-refractivity contribution in [2.45, 2.75) is 0 Å². The van der Waals surface area contributed by atoms with Crippen LogP contribution in [0.4, 0.5) is 4.79 Å². The minimum Gasteiger partial charge on any atom is -0.344 e. The Morgan fingerprint density at radius 1 is 1.31 bits per heavy atom. The van der Waals surface area contributed by atoms with E-state index in [1.54, 1.807) is 9.80 Å². The van der Waals surface area contributed by atoms with Crippen molar-refractivity contribution >= 4 is 12.4 Å². The zero-order valence-corrected chi connectivity index (χ0v) is 8.61. The fourth-order valence-electron chi connectivity index (χ4n) is 2.44. The molecule has 84 valence electrons. The minimum absolute atomic E-state index is 0.146. The fourth-order valence-corrected chi connectivity index (χ4v) is 2.44. The average Bonchev–Trinajstić information content (AvgIpc) is 2.66. The summed E-state index contributed by atoms with van der Waals surface area (Å²) in [6.07, 6.45) is 3.59. The van der Waals surface area contributed by atoms with E-state index in [1.165, 1.54) is 17.3 Å². The molecular formula is C9H11N5O2. The summed E-state index contributed by atoms with van der Waals surface area (Å²) in [7, 11) is 0. The number of amides is 2. The molecule has 16 heavy (non-hydrogen) atoms. The first kappa shape index (κ1) is 9.32. The Kier molecular flexibility index (Phi) is 1.77. The third kappa shape index (κ3) is 1.21. The Hall–Kier alpha value is -1.92. The Morgan fingerprint density at radius 3 is 2.62 bits per heavy atom. The normalized spacial score (nSPS) is 21.5. The Balaban J connectivity index is 1.58. The molecule has 2 amide bonds. The molecule has 0 radical (unpaired) electrons. The molecule has 0 saturated carbocycles. The minimum atomic E-state index is -0.146. The van der Waals surface area contributed by atoms with E-state index in [0.717, 1.165) is 19.5 Å². The number of carbonyl (C=O) groups excluding carboxylic acids is 2. The number of carbonyl (C=O) groups is 2. The van der Waals surface area contributed by atoms with Crippen LogP contribution in [0.3, 0.4) is 0 Å². The molecule has 0 bridgehead atoms. The van der Waals surface area contributed by atoms with Crippen LogP contribution < -0.4 is 0 Å². The molecule has 7 nitrogen and oxygen atoms in total. The maximum Gasteiger partial charge on any atom is 0.346 e. The number of aromatic nitrogens is 3. The Labute approximate surface area is 91.6 Å². The third-order valence-corrected chi connectivity index (χ3v) is 3.16. The highest BCUT2D eigenvalue weighted by Crippen LogP contribution is 2.38. The second-order valence-electron chi connectivity index (χ2n) is 4.49. The lowest BCUT2D eigenvalue weighted by atomic mass is 9.73. The number of hydrogen-bond donors (Lipinski definition) is 0. The van der Waals surface area contributed by atoms with Gasteiger partial charge < -0.3 is 9.80 Å². The van der Waals surface area contributed by atoms with Crippen LogP contribution in [0.2, 0.25) is 0 Å². The van der Waals surface area contributed by atoms with Crippen LogP contribution >= 0.6 is 0 Å². The monoisotopic (exact) mass is 221 g/mol. The predicted molar refractivity (Wildman–Crippen MR) is 52.5 cm³/mol. The second kappa shape index (κ2) is 3.03. The molecule has 3 heterocycles. The second-order valence-corrected chi connectivity index (χ2v) is 4.49. The van der Waals surface area contributed by atoms with Crippen LogP contribution in [0, 0.1) is 5.41 Å². The molecular weight excluding hydrogens is 210 g/mol. The van der Waals surface area contributed by atoms with Crippen LogP contribution in [0.5, 0.6) is 0 Å². The van der Waals surface area contributed by atoms with Crippen molar-refractivity contribution in [2.75, 3.05) is 26.2 Å². The predicted octanol–water partition coefficient (Wildman–Crippen LogP) is -0.980. The average molecular weight is 221 g/mol. The Morgan fingerprint density at radius 2 is 2.06 bits per heavy atom. The molecule has 0 aliphatic carbocycles. The molecule has 0 N–H and O–H groups in total. The first-order valence-electron chi connectivity index (χ1n) is 5.06. The first-order chi connectivity index (χ1) is 7.72. The van der Waals surface area contributed by atoms with Gasteiger partial charge in [-0.2, -0.15) is 9.78 Å². The molecule has 3 rings (SSSR count). The molecule has 1 aromatic heterocycles. The van der Waals surface area contributed by atoms with E-state index in [1.807, 2.05) is 0 Å². The van der Waals surface area contributed by atoms with Gasteiger partial charge >= 0.3 is 6.03 Å². The highest BCUT2D eigenvalue weighted by molar-refractivity contribution is 5.76. The van der Waals surface area contributed by atoms with Gasteiger partial charge in [-0.25, -0.2) is 9.78 Å². The molecule has 1 aromatic rings. The summed E-state index contributed by atoms with van der Waals surface area (Å²) in [5, 5.41) is 3.79. The first-order valence-corrected chi connectivity index (χ1v) is 5.06.